The molecule has 228 valence electrons. The molecule has 1 aromatic heterocycles. The number of nitrogens with zero attached hydrogens (tertiary/aromatic N) is 2. The number of unbranched alkanes of at least 4 members (excludes halogenated alkanes) is 3. The van der Waals surface area contributed by atoms with Crippen LogP contribution in [0.25, 0.3) is 17.1 Å². The normalized spacial score (nSPS) is 11.2. The number of para-hydroxylation sites is 2. The number of amides is 1. The third-order valence-electron chi connectivity index (χ3n) is 7.32. The Morgan fingerprint density at radius 3 is 2.40 bits per heavy atom. The highest BCUT2D eigenvalue weighted by molar-refractivity contribution is 5.94. The number of nitrogens with one attached hydrogen (secondary N) is 1. The van der Waals surface area contributed by atoms with E-state index >= 15 is 0 Å². The summed E-state index contributed by atoms with van der Waals surface area (Å²) in [6, 6.07) is 19.5. The quantitative estimate of drug-likeness (QED) is 0.133. The molecule has 3 aromatic carbocycles. The van der Waals surface area contributed by atoms with E-state index in [2.05, 4.69) is 28.1 Å². The first kappa shape index (κ1) is 31.5. The van der Waals surface area contributed by atoms with Gasteiger partial charge in [-0.1, -0.05) is 36.8 Å². The third-order valence-corrected chi connectivity index (χ3v) is 7.32. The van der Waals surface area contributed by atoms with E-state index in [1.165, 1.54) is 5.52 Å². The number of ether oxygens (including phenoxy) is 4. The Bertz CT molecular complexity index is 1510. The van der Waals surface area contributed by atoms with E-state index in [4.69, 9.17) is 23.9 Å². The van der Waals surface area contributed by atoms with E-state index in [0.29, 0.717) is 30.2 Å². The van der Waals surface area contributed by atoms with E-state index in [9.17, 15) is 4.79 Å². The summed E-state index contributed by atoms with van der Waals surface area (Å²) in [6.07, 6.45) is 9.74. The van der Waals surface area contributed by atoms with E-state index < -0.39 is 0 Å². The van der Waals surface area contributed by atoms with Crippen LogP contribution in [0.15, 0.2) is 66.7 Å². The molecule has 1 heterocycles. The van der Waals surface area contributed by atoms with Crippen LogP contribution in [0.1, 0.15) is 60.8 Å². The number of fused-ring (bicyclic) bond motifs is 1. The Morgan fingerprint density at radius 2 is 1.60 bits per heavy atom. The Morgan fingerprint density at radius 1 is 0.837 bits per heavy atom. The van der Waals surface area contributed by atoms with E-state index in [0.717, 1.165) is 73.5 Å². The zero-order chi connectivity index (χ0) is 30.4. The fourth-order valence-electron chi connectivity index (χ4n) is 5.09. The molecule has 0 unspecified atom stereocenters. The number of benzene rings is 3. The van der Waals surface area contributed by atoms with Gasteiger partial charge in [0.15, 0.2) is 23.0 Å². The minimum Gasteiger partial charge on any atom is -0.493 e. The number of allylic oxidation sites excluding steroid dienone is 1. The van der Waals surface area contributed by atoms with Crippen molar-refractivity contribution >= 4 is 23.0 Å². The Labute approximate surface area is 254 Å². The van der Waals surface area contributed by atoms with Crippen LogP contribution in [0.3, 0.4) is 0 Å². The van der Waals surface area contributed by atoms with Crippen LogP contribution >= 0.6 is 0 Å². The monoisotopic (exact) mass is 585 g/mol. The van der Waals surface area contributed by atoms with Gasteiger partial charge in [0, 0.05) is 25.1 Å². The van der Waals surface area contributed by atoms with Crippen molar-refractivity contribution in [3.8, 4) is 23.0 Å². The second-order valence-electron chi connectivity index (χ2n) is 10.3. The van der Waals surface area contributed by atoms with Gasteiger partial charge in [0.05, 0.1) is 39.0 Å². The number of aromatic nitrogens is 2. The van der Waals surface area contributed by atoms with E-state index in [-0.39, 0.29) is 5.91 Å². The molecule has 0 spiro atoms. The Hall–Kier alpha value is -4.46. The minimum absolute atomic E-state index is 0.115. The molecular formula is C35H43N3O5. The van der Waals surface area contributed by atoms with Crippen LogP contribution < -0.4 is 24.3 Å². The van der Waals surface area contributed by atoms with Crippen molar-refractivity contribution in [3.63, 3.8) is 0 Å². The predicted octanol–water partition coefficient (Wildman–Crippen LogP) is 7.10. The number of rotatable bonds is 17. The number of aryl methyl sites for hydroxylation is 2. The van der Waals surface area contributed by atoms with Crippen molar-refractivity contribution in [1.29, 1.82) is 0 Å². The summed E-state index contributed by atoms with van der Waals surface area (Å²) in [4.78, 5) is 17.5. The first-order chi connectivity index (χ1) is 21.1. The van der Waals surface area contributed by atoms with Crippen LogP contribution in [-0.4, -0.2) is 49.9 Å². The lowest BCUT2D eigenvalue weighted by Crippen LogP contribution is -2.24. The number of carbonyl (C=O) groups is 1. The number of methoxy groups -OCH3 is 3. The molecule has 0 saturated heterocycles. The number of imidazole rings is 1. The molecule has 4 rings (SSSR count). The maximum Gasteiger partial charge on any atom is 0.251 e. The lowest BCUT2D eigenvalue weighted by Gasteiger charge is -2.12. The summed E-state index contributed by atoms with van der Waals surface area (Å²) in [7, 11) is 4.81. The van der Waals surface area contributed by atoms with Crippen molar-refractivity contribution in [1.82, 2.24) is 14.9 Å². The lowest BCUT2D eigenvalue weighted by atomic mass is 10.1. The molecule has 0 saturated carbocycles. The second kappa shape index (κ2) is 16.2. The molecule has 4 aromatic rings. The summed E-state index contributed by atoms with van der Waals surface area (Å²) in [6.45, 7) is 4.12. The second-order valence-corrected chi connectivity index (χ2v) is 10.3. The molecule has 0 fully saturated rings. The van der Waals surface area contributed by atoms with Gasteiger partial charge in [-0.2, -0.15) is 0 Å². The van der Waals surface area contributed by atoms with Crippen LogP contribution in [0.5, 0.6) is 23.0 Å². The summed E-state index contributed by atoms with van der Waals surface area (Å²) in [5.74, 6) is 3.66. The lowest BCUT2D eigenvalue weighted by molar-refractivity contribution is 0.0952. The van der Waals surface area contributed by atoms with Crippen LogP contribution in [-0.2, 0) is 13.0 Å². The van der Waals surface area contributed by atoms with Crippen LogP contribution in [0, 0.1) is 0 Å². The predicted molar refractivity (Wildman–Crippen MR) is 172 cm³/mol. The molecule has 0 aliphatic rings. The van der Waals surface area contributed by atoms with Gasteiger partial charge in [-0.3, -0.25) is 4.79 Å². The first-order valence-electron chi connectivity index (χ1n) is 15.0. The SMILES string of the molecule is C/C=C/c1ccc(OCCCCn2c(CCCCCNC(=O)c3ccc(OC)c(OC)c3)nc3ccccc32)c(OC)c1. The van der Waals surface area contributed by atoms with Crippen molar-refractivity contribution < 1.29 is 23.7 Å². The standard InChI is InChI=1S/C35H43N3O5/c1-5-13-26-17-19-31(32(24-26)41-3)43-23-12-11-22-38-29-15-9-8-14-28(29)37-34(38)16-7-6-10-21-36-35(39)27-18-20-30(40-2)33(25-27)42-4/h5,8-9,13-15,17-20,24-25H,6-7,10-12,16,21-23H2,1-4H3,(H,36,39)/b13-5+. The Balaban J connectivity index is 1.23. The van der Waals surface area contributed by atoms with Crippen LogP contribution in [0.2, 0.25) is 0 Å². The molecule has 8 nitrogen and oxygen atoms in total. The summed E-state index contributed by atoms with van der Waals surface area (Å²) < 4.78 is 24.5. The van der Waals surface area contributed by atoms with E-state index in [1.807, 2.05) is 43.3 Å². The van der Waals surface area contributed by atoms with Crippen molar-refractivity contribution in [2.24, 2.45) is 0 Å². The van der Waals surface area contributed by atoms with Gasteiger partial charge in [-0.15, -0.1) is 0 Å². The summed E-state index contributed by atoms with van der Waals surface area (Å²) in [5.41, 5.74) is 3.84. The van der Waals surface area contributed by atoms with Gasteiger partial charge in [-0.05, 0) is 80.6 Å². The first-order valence-corrected chi connectivity index (χ1v) is 15.0. The molecule has 0 radical (unpaired) electrons. The number of carbonyl (C=O) groups excluding carboxylic acids is 1. The number of hydrogen-bond acceptors (Lipinski definition) is 6. The zero-order valence-electron chi connectivity index (χ0n) is 25.7. The topological polar surface area (TPSA) is 83.8 Å². The molecular weight excluding hydrogens is 542 g/mol. The molecule has 0 aliphatic heterocycles. The van der Waals surface area contributed by atoms with Gasteiger partial charge in [0.1, 0.15) is 5.82 Å². The summed E-state index contributed by atoms with van der Waals surface area (Å²) >= 11 is 0. The van der Waals surface area contributed by atoms with Gasteiger partial charge in [0.2, 0.25) is 0 Å². The van der Waals surface area contributed by atoms with Crippen molar-refractivity contribution in [3.05, 3.63) is 83.7 Å². The highest BCUT2D eigenvalue weighted by atomic mass is 16.5. The Kier molecular flexibility index (Phi) is 11.9. The smallest absolute Gasteiger partial charge is 0.251 e. The molecule has 0 bridgehead atoms. The van der Waals surface area contributed by atoms with Gasteiger partial charge >= 0.3 is 0 Å². The maximum absolute atomic E-state index is 12.6. The average Bonchev–Trinajstić information content (AvgIpc) is 3.39. The minimum atomic E-state index is -0.115. The maximum atomic E-state index is 12.6. The summed E-state index contributed by atoms with van der Waals surface area (Å²) in [5, 5.41) is 3.01. The molecule has 43 heavy (non-hydrogen) atoms. The number of hydrogen-bond donors (Lipinski definition) is 1. The van der Waals surface area contributed by atoms with Crippen molar-refractivity contribution in [2.45, 2.75) is 52.0 Å². The molecule has 1 N–H and O–H groups in total. The third kappa shape index (κ3) is 8.53. The van der Waals surface area contributed by atoms with Crippen molar-refractivity contribution in [2.75, 3.05) is 34.5 Å². The fourth-order valence-corrected chi connectivity index (χ4v) is 5.09. The van der Waals surface area contributed by atoms with E-state index in [1.54, 1.807) is 39.5 Å². The zero-order valence-corrected chi connectivity index (χ0v) is 25.7. The highest BCUT2D eigenvalue weighted by Gasteiger charge is 2.12. The van der Waals surface area contributed by atoms with Gasteiger partial charge < -0.3 is 28.8 Å². The average molecular weight is 586 g/mol. The highest BCUT2D eigenvalue weighted by Crippen LogP contribution is 2.29. The molecule has 8 heteroatoms. The fraction of sp³-hybridized carbons (Fsp3) is 0.371. The molecule has 1 amide bonds. The van der Waals surface area contributed by atoms with Crippen LogP contribution in [0.4, 0.5) is 0 Å². The van der Waals surface area contributed by atoms with Gasteiger partial charge in [-0.25, -0.2) is 4.98 Å². The largest absolute Gasteiger partial charge is 0.493 e. The molecule has 0 aliphatic carbocycles. The van der Waals surface area contributed by atoms with Gasteiger partial charge in [0.25, 0.3) is 5.91 Å². The molecule has 0 atom stereocenters.